The topological polar surface area (TPSA) is 71.5 Å². The molecule has 1 aliphatic rings. The average molecular weight is 325 g/mol. The minimum absolute atomic E-state index is 0.0244. The molecular formula is C15H23N3O3S. The van der Waals surface area contributed by atoms with Crippen molar-refractivity contribution in [2.45, 2.75) is 58.6 Å². The molecule has 1 saturated heterocycles. The molecular weight excluding hydrogens is 302 g/mol. The molecule has 1 fully saturated rings. The van der Waals surface area contributed by atoms with Gasteiger partial charge in [-0.15, -0.1) is 0 Å². The average Bonchev–Trinajstić information content (AvgIpc) is 2.84. The third-order valence-electron chi connectivity index (χ3n) is 3.27. The SMILES string of the molecule is CC(=O)Nc1ncc(C2CCCCN2C(=O)OC(C)(C)C)s1. The highest BCUT2D eigenvalue weighted by Crippen LogP contribution is 2.36. The van der Waals surface area contributed by atoms with Crippen molar-refractivity contribution in [2.24, 2.45) is 0 Å². The molecule has 0 bridgehead atoms. The Hall–Kier alpha value is -1.63. The van der Waals surface area contributed by atoms with E-state index in [2.05, 4.69) is 10.3 Å². The maximum atomic E-state index is 12.4. The zero-order valence-corrected chi connectivity index (χ0v) is 14.3. The van der Waals surface area contributed by atoms with Crippen LogP contribution in [0.3, 0.4) is 0 Å². The summed E-state index contributed by atoms with van der Waals surface area (Å²) >= 11 is 1.41. The molecule has 0 spiro atoms. The minimum atomic E-state index is -0.506. The van der Waals surface area contributed by atoms with Gasteiger partial charge in [-0.05, 0) is 40.0 Å². The van der Waals surface area contributed by atoms with Gasteiger partial charge in [0.05, 0.1) is 6.04 Å². The molecule has 1 unspecified atom stereocenters. The van der Waals surface area contributed by atoms with Crippen LogP contribution in [0.15, 0.2) is 6.20 Å². The van der Waals surface area contributed by atoms with Gasteiger partial charge in [0.2, 0.25) is 5.91 Å². The van der Waals surface area contributed by atoms with Gasteiger partial charge in [0.15, 0.2) is 5.13 Å². The Labute approximate surface area is 134 Å². The number of aromatic nitrogens is 1. The van der Waals surface area contributed by atoms with Gasteiger partial charge in [-0.3, -0.25) is 4.79 Å². The lowest BCUT2D eigenvalue weighted by atomic mass is 10.0. The molecule has 1 N–H and O–H groups in total. The predicted molar refractivity (Wildman–Crippen MR) is 85.9 cm³/mol. The summed E-state index contributed by atoms with van der Waals surface area (Å²) in [6.45, 7) is 7.74. The van der Waals surface area contributed by atoms with E-state index < -0.39 is 5.60 Å². The van der Waals surface area contributed by atoms with Crippen LogP contribution < -0.4 is 5.32 Å². The number of piperidine rings is 1. The third kappa shape index (κ3) is 4.43. The van der Waals surface area contributed by atoms with Crippen LogP contribution in [0, 0.1) is 0 Å². The number of nitrogens with one attached hydrogen (secondary N) is 1. The van der Waals surface area contributed by atoms with Crippen LogP contribution in [0.25, 0.3) is 0 Å². The molecule has 1 aromatic rings. The van der Waals surface area contributed by atoms with Gasteiger partial charge in [-0.2, -0.15) is 0 Å². The normalized spacial score (nSPS) is 18.9. The lowest BCUT2D eigenvalue weighted by Gasteiger charge is -2.36. The first-order chi connectivity index (χ1) is 10.3. The Morgan fingerprint density at radius 3 is 2.77 bits per heavy atom. The van der Waals surface area contributed by atoms with Crippen LogP contribution in [0.4, 0.5) is 9.93 Å². The van der Waals surface area contributed by atoms with Crippen LogP contribution in [0.2, 0.25) is 0 Å². The number of likely N-dealkylation sites (tertiary alicyclic amines) is 1. The molecule has 0 aliphatic carbocycles. The number of rotatable bonds is 2. The molecule has 122 valence electrons. The highest BCUT2D eigenvalue weighted by atomic mass is 32.1. The fourth-order valence-electron chi connectivity index (χ4n) is 2.42. The van der Waals surface area contributed by atoms with Crippen molar-refractivity contribution in [3.8, 4) is 0 Å². The number of nitrogens with zero attached hydrogens (tertiary/aromatic N) is 2. The van der Waals surface area contributed by atoms with E-state index in [1.807, 2.05) is 20.8 Å². The molecule has 7 heteroatoms. The van der Waals surface area contributed by atoms with E-state index in [0.29, 0.717) is 11.7 Å². The fourth-order valence-corrected chi connectivity index (χ4v) is 3.43. The molecule has 2 rings (SSSR count). The molecule has 1 aromatic heterocycles. The number of thiazole rings is 1. The van der Waals surface area contributed by atoms with E-state index in [4.69, 9.17) is 4.74 Å². The second-order valence-electron chi connectivity index (χ2n) is 6.43. The lowest BCUT2D eigenvalue weighted by molar-refractivity contribution is -0.114. The van der Waals surface area contributed by atoms with Gasteiger partial charge in [0.1, 0.15) is 5.60 Å². The van der Waals surface area contributed by atoms with E-state index >= 15 is 0 Å². The standard InChI is InChI=1S/C15H23N3O3S/c1-10(19)17-13-16-9-12(22-13)11-7-5-6-8-18(11)14(20)21-15(2,3)4/h9,11H,5-8H2,1-4H3,(H,16,17,19). The first-order valence-corrected chi connectivity index (χ1v) is 8.31. The second-order valence-corrected chi connectivity index (χ2v) is 7.50. The number of amides is 2. The van der Waals surface area contributed by atoms with Gasteiger partial charge in [-0.25, -0.2) is 9.78 Å². The Morgan fingerprint density at radius 1 is 1.41 bits per heavy atom. The predicted octanol–water partition coefficient (Wildman–Crippen LogP) is 3.56. The largest absolute Gasteiger partial charge is 0.444 e. The summed E-state index contributed by atoms with van der Waals surface area (Å²) in [6.07, 6.45) is 4.39. The quantitative estimate of drug-likeness (QED) is 0.902. The third-order valence-corrected chi connectivity index (χ3v) is 4.28. The smallest absolute Gasteiger partial charge is 0.410 e. The number of hydrogen-bond donors (Lipinski definition) is 1. The molecule has 0 aromatic carbocycles. The Balaban J connectivity index is 2.14. The van der Waals surface area contributed by atoms with Crippen LogP contribution in [0.1, 0.15) is 57.9 Å². The van der Waals surface area contributed by atoms with Crippen molar-refractivity contribution in [2.75, 3.05) is 11.9 Å². The summed E-state index contributed by atoms with van der Waals surface area (Å²) in [6, 6.07) is -0.0244. The molecule has 1 atom stereocenters. The van der Waals surface area contributed by atoms with Crippen LogP contribution in [-0.2, 0) is 9.53 Å². The van der Waals surface area contributed by atoms with Gasteiger partial charge < -0.3 is 15.0 Å². The summed E-state index contributed by atoms with van der Waals surface area (Å²) in [7, 11) is 0. The van der Waals surface area contributed by atoms with E-state index in [-0.39, 0.29) is 18.0 Å². The van der Waals surface area contributed by atoms with Gasteiger partial charge in [0.25, 0.3) is 0 Å². The lowest BCUT2D eigenvalue weighted by Crippen LogP contribution is -2.41. The Bertz CT molecular complexity index is 550. The first kappa shape index (κ1) is 16.7. The zero-order chi connectivity index (χ0) is 16.3. The van der Waals surface area contributed by atoms with E-state index in [1.165, 1.54) is 18.3 Å². The monoisotopic (exact) mass is 325 g/mol. The van der Waals surface area contributed by atoms with Crippen molar-refractivity contribution < 1.29 is 14.3 Å². The van der Waals surface area contributed by atoms with Gasteiger partial charge in [-0.1, -0.05) is 11.3 Å². The number of ether oxygens (including phenoxy) is 1. The van der Waals surface area contributed by atoms with Crippen molar-refractivity contribution in [3.63, 3.8) is 0 Å². The maximum absolute atomic E-state index is 12.4. The van der Waals surface area contributed by atoms with Crippen molar-refractivity contribution >= 4 is 28.5 Å². The Kier molecular flexibility index (Phi) is 5.05. The molecule has 6 nitrogen and oxygen atoms in total. The number of carbonyl (C=O) groups excluding carboxylic acids is 2. The van der Waals surface area contributed by atoms with E-state index in [9.17, 15) is 9.59 Å². The van der Waals surface area contributed by atoms with Crippen LogP contribution in [-0.4, -0.2) is 34.0 Å². The van der Waals surface area contributed by atoms with Crippen molar-refractivity contribution in [1.82, 2.24) is 9.88 Å². The summed E-state index contributed by atoms with van der Waals surface area (Å²) in [5.74, 6) is -0.145. The highest BCUT2D eigenvalue weighted by molar-refractivity contribution is 7.15. The van der Waals surface area contributed by atoms with Crippen molar-refractivity contribution in [1.29, 1.82) is 0 Å². The minimum Gasteiger partial charge on any atom is -0.444 e. The maximum Gasteiger partial charge on any atom is 0.410 e. The molecule has 1 aliphatic heterocycles. The number of hydrogen-bond acceptors (Lipinski definition) is 5. The fraction of sp³-hybridized carbons (Fsp3) is 0.667. The van der Waals surface area contributed by atoms with Crippen LogP contribution in [0.5, 0.6) is 0 Å². The summed E-state index contributed by atoms with van der Waals surface area (Å²) in [5.41, 5.74) is -0.506. The zero-order valence-electron chi connectivity index (χ0n) is 13.5. The first-order valence-electron chi connectivity index (χ1n) is 7.49. The van der Waals surface area contributed by atoms with Crippen LogP contribution >= 0.6 is 11.3 Å². The molecule has 2 amide bonds. The summed E-state index contributed by atoms with van der Waals surface area (Å²) in [4.78, 5) is 30.5. The van der Waals surface area contributed by atoms with E-state index in [0.717, 1.165) is 24.1 Å². The number of anilines is 1. The number of carbonyl (C=O) groups is 2. The molecule has 0 radical (unpaired) electrons. The molecule has 22 heavy (non-hydrogen) atoms. The van der Waals surface area contributed by atoms with E-state index in [1.54, 1.807) is 11.1 Å². The summed E-state index contributed by atoms with van der Waals surface area (Å²) in [5, 5.41) is 3.25. The summed E-state index contributed by atoms with van der Waals surface area (Å²) < 4.78 is 5.50. The van der Waals surface area contributed by atoms with Crippen molar-refractivity contribution in [3.05, 3.63) is 11.1 Å². The molecule has 0 saturated carbocycles. The second kappa shape index (κ2) is 6.64. The molecule has 2 heterocycles. The highest BCUT2D eigenvalue weighted by Gasteiger charge is 2.32. The van der Waals surface area contributed by atoms with Gasteiger partial charge >= 0.3 is 6.09 Å². The Morgan fingerprint density at radius 2 is 2.14 bits per heavy atom. The van der Waals surface area contributed by atoms with Gasteiger partial charge in [0, 0.05) is 24.5 Å².